The van der Waals surface area contributed by atoms with Gasteiger partial charge >= 0.3 is 0 Å². The van der Waals surface area contributed by atoms with Crippen LogP contribution in [0.2, 0.25) is 5.02 Å². The van der Waals surface area contributed by atoms with E-state index < -0.39 is 0 Å². The van der Waals surface area contributed by atoms with Gasteiger partial charge in [0.05, 0.1) is 10.7 Å². The topological polar surface area (TPSA) is 58.2 Å². The lowest BCUT2D eigenvalue weighted by Crippen LogP contribution is -2.12. The number of hydrogen-bond donors (Lipinski definition) is 2. The van der Waals surface area contributed by atoms with Crippen molar-refractivity contribution in [1.29, 1.82) is 0 Å². The van der Waals surface area contributed by atoms with E-state index in [1.54, 1.807) is 42.5 Å². The van der Waals surface area contributed by atoms with E-state index >= 15 is 0 Å². The van der Waals surface area contributed by atoms with Crippen molar-refractivity contribution in [2.24, 2.45) is 0 Å². The highest BCUT2D eigenvalue weighted by molar-refractivity contribution is 6.34. The first kappa shape index (κ1) is 14.1. The number of benzene rings is 2. The van der Waals surface area contributed by atoms with Gasteiger partial charge in [0.15, 0.2) is 0 Å². The number of halogens is 1. The Morgan fingerprint density at radius 3 is 2.35 bits per heavy atom. The predicted octanol–water partition coefficient (Wildman–Crippen LogP) is 3.55. The van der Waals surface area contributed by atoms with Gasteiger partial charge in [-0.1, -0.05) is 29.8 Å². The van der Waals surface area contributed by atoms with E-state index in [0.717, 1.165) is 0 Å². The molecule has 2 amide bonds. The predicted molar refractivity (Wildman–Crippen MR) is 80.2 cm³/mol. The molecule has 0 aliphatic heterocycles. The van der Waals surface area contributed by atoms with Crippen LogP contribution in [0.5, 0.6) is 0 Å². The van der Waals surface area contributed by atoms with Crippen LogP contribution in [0, 0.1) is 0 Å². The van der Waals surface area contributed by atoms with Gasteiger partial charge in [-0.05, 0) is 30.3 Å². The van der Waals surface area contributed by atoms with Gasteiger partial charge < -0.3 is 10.6 Å². The van der Waals surface area contributed by atoms with Crippen LogP contribution < -0.4 is 10.6 Å². The summed E-state index contributed by atoms with van der Waals surface area (Å²) in [6.45, 7) is 1.41. The van der Waals surface area contributed by atoms with Crippen LogP contribution in [0.1, 0.15) is 17.3 Å². The summed E-state index contributed by atoms with van der Waals surface area (Å²) in [5, 5.41) is 5.76. The molecular formula is C15H13ClN2O2. The van der Waals surface area contributed by atoms with E-state index in [9.17, 15) is 9.59 Å². The molecular weight excluding hydrogens is 276 g/mol. The van der Waals surface area contributed by atoms with Crippen LogP contribution in [0.3, 0.4) is 0 Å². The lowest BCUT2D eigenvalue weighted by Gasteiger charge is -2.10. The second-order valence-corrected chi connectivity index (χ2v) is 4.60. The van der Waals surface area contributed by atoms with E-state index in [1.165, 1.54) is 6.92 Å². The molecule has 2 aromatic rings. The number of anilines is 2. The largest absolute Gasteiger partial charge is 0.326 e. The molecule has 0 atom stereocenters. The van der Waals surface area contributed by atoms with E-state index in [4.69, 9.17) is 11.6 Å². The van der Waals surface area contributed by atoms with E-state index in [0.29, 0.717) is 22.0 Å². The molecule has 0 saturated heterocycles. The van der Waals surface area contributed by atoms with Crippen molar-refractivity contribution in [1.82, 2.24) is 0 Å². The Morgan fingerprint density at radius 2 is 1.70 bits per heavy atom. The second-order valence-electron chi connectivity index (χ2n) is 4.20. The Balaban J connectivity index is 2.20. The third-order valence-corrected chi connectivity index (χ3v) is 2.90. The Labute approximate surface area is 121 Å². The third-order valence-electron chi connectivity index (χ3n) is 2.57. The highest BCUT2D eigenvalue weighted by Gasteiger charge is 2.09. The molecule has 102 valence electrons. The fraction of sp³-hybridized carbons (Fsp3) is 0.0667. The molecule has 20 heavy (non-hydrogen) atoms. The van der Waals surface area contributed by atoms with Crippen molar-refractivity contribution in [3.8, 4) is 0 Å². The number of carbonyl (C=O) groups excluding carboxylic acids is 2. The quantitative estimate of drug-likeness (QED) is 0.907. The summed E-state index contributed by atoms with van der Waals surface area (Å²) >= 11 is 6.04. The molecule has 2 aromatic carbocycles. The average Bonchev–Trinajstić information content (AvgIpc) is 2.43. The smallest absolute Gasteiger partial charge is 0.255 e. The lowest BCUT2D eigenvalue weighted by molar-refractivity contribution is -0.114. The number of amides is 2. The maximum atomic E-state index is 12.0. The normalized spacial score (nSPS) is 9.90. The van der Waals surface area contributed by atoms with E-state index in [-0.39, 0.29) is 11.8 Å². The minimum absolute atomic E-state index is 0.187. The van der Waals surface area contributed by atoms with E-state index in [1.807, 2.05) is 6.07 Å². The van der Waals surface area contributed by atoms with Gasteiger partial charge in [-0.2, -0.15) is 0 Å². The number of carbonyl (C=O) groups is 2. The monoisotopic (exact) mass is 288 g/mol. The van der Waals surface area contributed by atoms with Crippen LogP contribution in [0.25, 0.3) is 0 Å². The first-order chi connectivity index (χ1) is 9.56. The molecule has 0 aromatic heterocycles. The van der Waals surface area contributed by atoms with Crippen molar-refractivity contribution < 1.29 is 9.59 Å². The van der Waals surface area contributed by atoms with Crippen molar-refractivity contribution >= 4 is 34.8 Å². The maximum absolute atomic E-state index is 12.0. The molecule has 4 nitrogen and oxygen atoms in total. The van der Waals surface area contributed by atoms with Crippen LogP contribution in [0.4, 0.5) is 11.4 Å². The number of nitrogens with one attached hydrogen (secondary N) is 2. The fourth-order valence-electron chi connectivity index (χ4n) is 1.69. The first-order valence-electron chi connectivity index (χ1n) is 6.00. The van der Waals surface area contributed by atoms with Crippen LogP contribution in [0.15, 0.2) is 48.5 Å². The van der Waals surface area contributed by atoms with E-state index in [2.05, 4.69) is 10.6 Å². The Bertz CT molecular complexity index is 642. The van der Waals surface area contributed by atoms with Crippen molar-refractivity contribution in [2.75, 3.05) is 10.6 Å². The second kappa shape index (κ2) is 6.21. The molecule has 0 saturated carbocycles. The Hall–Kier alpha value is -2.33. The molecule has 0 unspecified atom stereocenters. The first-order valence-corrected chi connectivity index (χ1v) is 6.37. The molecule has 2 rings (SSSR count). The Kier molecular flexibility index (Phi) is 4.38. The summed E-state index contributed by atoms with van der Waals surface area (Å²) < 4.78 is 0. The zero-order chi connectivity index (χ0) is 14.5. The lowest BCUT2D eigenvalue weighted by atomic mass is 10.2. The molecule has 0 aliphatic rings. The third kappa shape index (κ3) is 3.59. The van der Waals surface area contributed by atoms with Crippen LogP contribution in [-0.2, 0) is 4.79 Å². The maximum Gasteiger partial charge on any atom is 0.255 e. The summed E-state index contributed by atoms with van der Waals surface area (Å²) in [7, 11) is 0. The van der Waals surface area contributed by atoms with Gasteiger partial charge in [0.25, 0.3) is 5.91 Å². The molecule has 0 spiro atoms. The molecule has 0 bridgehead atoms. The summed E-state index contributed by atoms with van der Waals surface area (Å²) in [5.41, 5.74) is 1.56. The summed E-state index contributed by atoms with van der Waals surface area (Å²) in [6.07, 6.45) is 0. The summed E-state index contributed by atoms with van der Waals surface area (Å²) in [4.78, 5) is 23.1. The average molecular weight is 289 g/mol. The molecule has 0 aliphatic carbocycles. The van der Waals surface area contributed by atoms with Crippen LogP contribution >= 0.6 is 11.6 Å². The molecule has 0 radical (unpaired) electrons. The standard InChI is InChI=1S/C15H13ClN2O2/c1-10(19)17-12-7-8-13(16)14(9-12)18-15(20)11-5-3-2-4-6-11/h2-9H,1H3,(H,17,19)(H,18,20). The molecule has 2 N–H and O–H groups in total. The zero-order valence-electron chi connectivity index (χ0n) is 10.8. The minimum atomic E-state index is -0.257. The van der Waals surface area contributed by atoms with Gasteiger partial charge in [0.1, 0.15) is 0 Å². The van der Waals surface area contributed by atoms with Gasteiger partial charge in [0.2, 0.25) is 5.91 Å². The highest BCUT2D eigenvalue weighted by atomic mass is 35.5. The van der Waals surface area contributed by atoms with Gasteiger partial charge in [-0.3, -0.25) is 9.59 Å². The molecule has 0 heterocycles. The molecule has 5 heteroatoms. The van der Waals surface area contributed by atoms with Gasteiger partial charge in [0, 0.05) is 18.2 Å². The highest BCUT2D eigenvalue weighted by Crippen LogP contribution is 2.26. The SMILES string of the molecule is CC(=O)Nc1ccc(Cl)c(NC(=O)c2ccccc2)c1. The zero-order valence-corrected chi connectivity index (χ0v) is 11.6. The van der Waals surface area contributed by atoms with Crippen molar-refractivity contribution in [2.45, 2.75) is 6.92 Å². The molecule has 0 fully saturated rings. The van der Waals surface area contributed by atoms with Crippen LogP contribution in [-0.4, -0.2) is 11.8 Å². The minimum Gasteiger partial charge on any atom is -0.326 e. The van der Waals surface area contributed by atoms with Gasteiger partial charge in [-0.25, -0.2) is 0 Å². The summed E-state index contributed by atoms with van der Waals surface area (Å²) in [5.74, 6) is -0.444. The summed E-state index contributed by atoms with van der Waals surface area (Å²) in [6, 6.07) is 13.7. The number of rotatable bonds is 3. The number of hydrogen-bond acceptors (Lipinski definition) is 2. The fourth-order valence-corrected chi connectivity index (χ4v) is 1.85. The van der Waals surface area contributed by atoms with Gasteiger partial charge in [-0.15, -0.1) is 0 Å². The van der Waals surface area contributed by atoms with Crippen molar-refractivity contribution in [3.63, 3.8) is 0 Å². The van der Waals surface area contributed by atoms with Crippen molar-refractivity contribution in [3.05, 3.63) is 59.1 Å². The Morgan fingerprint density at radius 1 is 1.00 bits per heavy atom.